The molecule has 4 aromatic carbocycles. The van der Waals surface area contributed by atoms with Crippen LogP contribution in [0.25, 0.3) is 32.9 Å². The fraction of sp³-hybridized carbons (Fsp3) is 0.129. The van der Waals surface area contributed by atoms with Gasteiger partial charge in [-0.2, -0.15) is 0 Å². The molecule has 1 amide bonds. The van der Waals surface area contributed by atoms with Crippen LogP contribution in [0.3, 0.4) is 0 Å². The maximum absolute atomic E-state index is 13.1. The van der Waals surface area contributed by atoms with Crippen molar-refractivity contribution in [3.8, 4) is 17.0 Å². The number of ether oxygens (including phenoxy) is 1. The Balaban J connectivity index is 1.50. The van der Waals surface area contributed by atoms with E-state index in [0.29, 0.717) is 6.54 Å². The first-order valence-electron chi connectivity index (χ1n) is 11.8. The van der Waals surface area contributed by atoms with Gasteiger partial charge in [0, 0.05) is 36.1 Å². The summed E-state index contributed by atoms with van der Waals surface area (Å²) in [4.78, 5) is 15.0. The summed E-state index contributed by atoms with van der Waals surface area (Å²) in [6, 6.07) is 31.3. The molecule has 1 aromatic heterocycles. The summed E-state index contributed by atoms with van der Waals surface area (Å²) in [7, 11) is 3.78. The van der Waals surface area contributed by atoms with Crippen LogP contribution in [0.5, 0.6) is 5.75 Å². The Labute approximate surface area is 204 Å². The van der Waals surface area contributed by atoms with E-state index in [1.54, 1.807) is 13.2 Å². The number of hydrogen-bond acceptors (Lipinski definition) is 2. The summed E-state index contributed by atoms with van der Waals surface area (Å²) in [5.41, 5.74) is 5.67. The van der Waals surface area contributed by atoms with Gasteiger partial charge in [-0.05, 0) is 46.2 Å². The number of benzene rings is 4. The lowest BCUT2D eigenvalue weighted by molar-refractivity contribution is -0.126. The smallest absolute Gasteiger partial charge is 0.247 e. The number of hydrogen-bond donors (Lipinski definition) is 0. The molecule has 2 heterocycles. The van der Waals surface area contributed by atoms with Crippen molar-refractivity contribution in [2.45, 2.75) is 12.6 Å². The Morgan fingerprint density at radius 1 is 0.857 bits per heavy atom. The lowest BCUT2D eigenvalue weighted by Gasteiger charge is -2.26. The molecule has 172 valence electrons. The maximum Gasteiger partial charge on any atom is 0.247 e. The number of aromatic nitrogens is 1. The maximum atomic E-state index is 13.1. The van der Waals surface area contributed by atoms with E-state index in [1.807, 2.05) is 35.2 Å². The summed E-state index contributed by atoms with van der Waals surface area (Å²) in [6.45, 7) is 0.529. The molecule has 0 radical (unpaired) electrons. The van der Waals surface area contributed by atoms with Gasteiger partial charge in [-0.15, -0.1) is 0 Å². The zero-order valence-corrected chi connectivity index (χ0v) is 19.8. The number of carbonyl (C=O) groups excluding carboxylic acids is 1. The molecule has 0 N–H and O–H groups in total. The largest absolute Gasteiger partial charge is 0.497 e. The average molecular weight is 459 g/mol. The van der Waals surface area contributed by atoms with Gasteiger partial charge < -0.3 is 14.2 Å². The minimum atomic E-state index is -0.155. The number of carbonyl (C=O) groups is 1. The number of aryl methyl sites for hydroxylation is 1. The van der Waals surface area contributed by atoms with Gasteiger partial charge in [0.25, 0.3) is 0 Å². The highest BCUT2D eigenvalue weighted by Crippen LogP contribution is 2.42. The minimum absolute atomic E-state index is 0.0308. The summed E-state index contributed by atoms with van der Waals surface area (Å²) in [5, 5.41) is 3.59. The highest BCUT2D eigenvalue weighted by molar-refractivity contribution is 5.98. The molecule has 0 aliphatic carbocycles. The Morgan fingerprint density at radius 3 is 2.40 bits per heavy atom. The zero-order valence-electron chi connectivity index (χ0n) is 19.8. The molecular weight excluding hydrogens is 432 g/mol. The first-order chi connectivity index (χ1) is 17.1. The average Bonchev–Trinajstić information content (AvgIpc) is 3.40. The molecule has 0 spiro atoms. The second-order valence-corrected chi connectivity index (χ2v) is 9.02. The number of para-hydroxylation sites is 1. The quantitative estimate of drug-likeness (QED) is 0.296. The molecule has 4 nitrogen and oxygen atoms in total. The van der Waals surface area contributed by atoms with Crippen molar-refractivity contribution >= 4 is 27.6 Å². The number of methoxy groups -OCH3 is 1. The topological polar surface area (TPSA) is 34.5 Å². The summed E-state index contributed by atoms with van der Waals surface area (Å²) < 4.78 is 7.56. The van der Waals surface area contributed by atoms with Crippen molar-refractivity contribution in [1.82, 2.24) is 9.47 Å². The summed E-state index contributed by atoms with van der Waals surface area (Å²) in [5.74, 6) is 0.840. The van der Waals surface area contributed by atoms with E-state index in [0.717, 1.165) is 33.7 Å². The zero-order chi connectivity index (χ0) is 23.9. The molecule has 1 aliphatic rings. The van der Waals surface area contributed by atoms with E-state index < -0.39 is 0 Å². The van der Waals surface area contributed by atoms with Crippen LogP contribution in [0.4, 0.5) is 0 Å². The van der Waals surface area contributed by atoms with Crippen molar-refractivity contribution in [2.24, 2.45) is 7.05 Å². The Morgan fingerprint density at radius 2 is 1.60 bits per heavy atom. The van der Waals surface area contributed by atoms with E-state index >= 15 is 0 Å². The molecule has 35 heavy (non-hydrogen) atoms. The molecule has 6 rings (SSSR count). The van der Waals surface area contributed by atoms with Crippen molar-refractivity contribution in [2.75, 3.05) is 7.11 Å². The monoisotopic (exact) mass is 458 g/mol. The fourth-order valence-electron chi connectivity index (χ4n) is 5.27. The molecule has 0 bridgehead atoms. The van der Waals surface area contributed by atoms with Gasteiger partial charge >= 0.3 is 0 Å². The highest BCUT2D eigenvalue weighted by Gasteiger charge is 2.32. The van der Waals surface area contributed by atoms with Crippen LogP contribution in [-0.4, -0.2) is 22.5 Å². The molecule has 0 fully saturated rings. The normalized spacial score (nSPS) is 15.4. The molecule has 4 heteroatoms. The minimum Gasteiger partial charge on any atom is -0.497 e. The molecule has 0 unspecified atom stereocenters. The van der Waals surface area contributed by atoms with Crippen LogP contribution < -0.4 is 4.74 Å². The standard InChI is InChI=1S/C31H26N2O2/c1-32-27-10-6-5-9-26(27)30(31(32)24-14-13-22-7-3-4-8-23(22)19-24)28-17-18-29(34)33(28)20-21-11-15-25(35-2)16-12-21/h3-19,28H,20H2,1-2H3/t28-/m0/s1. The molecule has 1 aliphatic heterocycles. The van der Waals surface area contributed by atoms with Gasteiger partial charge in [-0.3, -0.25) is 4.79 Å². The Bertz CT molecular complexity index is 1590. The van der Waals surface area contributed by atoms with E-state index in [4.69, 9.17) is 4.74 Å². The SMILES string of the molecule is COc1ccc(CN2C(=O)C=C[C@H]2c2c(-c3ccc4ccccc4c3)n(C)c3ccccc23)cc1. The fourth-order valence-corrected chi connectivity index (χ4v) is 5.27. The first-order valence-corrected chi connectivity index (χ1v) is 11.8. The molecule has 5 aromatic rings. The predicted molar refractivity (Wildman–Crippen MR) is 141 cm³/mol. The van der Waals surface area contributed by atoms with Gasteiger partial charge in [0.15, 0.2) is 0 Å². The van der Waals surface area contributed by atoms with Gasteiger partial charge in [-0.25, -0.2) is 0 Å². The van der Waals surface area contributed by atoms with Crippen molar-refractivity contribution < 1.29 is 9.53 Å². The van der Waals surface area contributed by atoms with Crippen LogP contribution in [0.15, 0.2) is 103 Å². The second-order valence-electron chi connectivity index (χ2n) is 9.02. The number of amides is 1. The number of nitrogens with zero attached hydrogens (tertiary/aromatic N) is 2. The van der Waals surface area contributed by atoms with Crippen molar-refractivity contribution in [3.63, 3.8) is 0 Å². The van der Waals surface area contributed by atoms with Crippen LogP contribution >= 0.6 is 0 Å². The predicted octanol–water partition coefficient (Wildman–Crippen LogP) is 6.65. The van der Waals surface area contributed by atoms with Crippen molar-refractivity contribution in [3.05, 3.63) is 114 Å². The van der Waals surface area contributed by atoms with E-state index in [1.165, 1.54) is 16.2 Å². The molecule has 0 saturated heterocycles. The number of fused-ring (bicyclic) bond motifs is 2. The molecular formula is C31H26N2O2. The van der Waals surface area contributed by atoms with Gasteiger partial charge in [0.1, 0.15) is 5.75 Å². The summed E-state index contributed by atoms with van der Waals surface area (Å²) >= 11 is 0. The summed E-state index contributed by atoms with van der Waals surface area (Å²) in [6.07, 6.45) is 3.75. The highest BCUT2D eigenvalue weighted by atomic mass is 16.5. The third-order valence-corrected chi connectivity index (χ3v) is 7.02. The van der Waals surface area contributed by atoms with E-state index in [-0.39, 0.29) is 11.9 Å². The van der Waals surface area contributed by atoms with Crippen molar-refractivity contribution in [1.29, 1.82) is 0 Å². The van der Waals surface area contributed by atoms with Crippen LogP contribution in [0.2, 0.25) is 0 Å². The van der Waals surface area contributed by atoms with Crippen LogP contribution in [0.1, 0.15) is 17.2 Å². The van der Waals surface area contributed by atoms with E-state index in [2.05, 4.69) is 78.3 Å². The van der Waals surface area contributed by atoms with Gasteiger partial charge in [-0.1, -0.05) is 72.8 Å². The lowest BCUT2D eigenvalue weighted by atomic mass is 9.96. The number of rotatable bonds is 5. The van der Waals surface area contributed by atoms with Crippen LogP contribution in [0, 0.1) is 0 Å². The van der Waals surface area contributed by atoms with E-state index in [9.17, 15) is 4.79 Å². The first kappa shape index (κ1) is 21.2. The van der Waals surface area contributed by atoms with Gasteiger partial charge in [0.2, 0.25) is 5.91 Å². The molecule has 1 atom stereocenters. The second kappa shape index (κ2) is 8.48. The third-order valence-electron chi connectivity index (χ3n) is 7.02. The lowest BCUT2D eigenvalue weighted by Crippen LogP contribution is -2.28. The van der Waals surface area contributed by atoms with Gasteiger partial charge in [0.05, 0.1) is 18.8 Å². The Kier molecular flexibility index (Phi) is 5.14. The van der Waals surface area contributed by atoms with Crippen LogP contribution in [-0.2, 0) is 18.4 Å². The third kappa shape index (κ3) is 3.58. The Hall–Kier alpha value is -4.31. The molecule has 0 saturated carbocycles.